The molecule has 28 heavy (non-hydrogen) atoms. The fourth-order valence-electron chi connectivity index (χ4n) is 3.57. The molecule has 3 rings (SSSR count). The zero-order valence-corrected chi connectivity index (χ0v) is 15.5. The van der Waals surface area contributed by atoms with Crippen molar-refractivity contribution in [3.8, 4) is 0 Å². The van der Waals surface area contributed by atoms with E-state index < -0.39 is 25.2 Å². The lowest BCUT2D eigenvalue weighted by Crippen LogP contribution is -2.59. The van der Waals surface area contributed by atoms with Crippen LogP contribution in [0.1, 0.15) is 12.8 Å². The van der Waals surface area contributed by atoms with Crippen LogP contribution in [-0.2, 0) is 23.8 Å². The summed E-state index contributed by atoms with van der Waals surface area (Å²) in [5.41, 5.74) is 5.73. The van der Waals surface area contributed by atoms with Gasteiger partial charge in [0.15, 0.2) is 0 Å². The summed E-state index contributed by atoms with van der Waals surface area (Å²) in [6.07, 6.45) is 3.28. The molecule has 3 aliphatic rings. The summed E-state index contributed by atoms with van der Waals surface area (Å²) in [6.45, 7) is 0.504. The van der Waals surface area contributed by atoms with Crippen molar-refractivity contribution in [3.63, 3.8) is 0 Å². The summed E-state index contributed by atoms with van der Waals surface area (Å²) in [5, 5.41) is 21.7. The first-order valence-electron chi connectivity index (χ1n) is 9.21. The van der Waals surface area contributed by atoms with Crippen LogP contribution in [-0.4, -0.2) is 78.3 Å². The minimum absolute atomic E-state index is 0.0210. The van der Waals surface area contributed by atoms with Crippen LogP contribution >= 0.6 is 0 Å². The van der Waals surface area contributed by atoms with Crippen LogP contribution < -0.4 is 11.1 Å². The van der Waals surface area contributed by atoms with Crippen molar-refractivity contribution in [1.29, 1.82) is 0 Å². The summed E-state index contributed by atoms with van der Waals surface area (Å²) >= 11 is 0. The minimum Gasteiger partial charge on any atom is -0.486 e. The molecular weight excluding hydrogens is 369 g/mol. The van der Waals surface area contributed by atoms with Crippen molar-refractivity contribution in [1.82, 2.24) is 10.2 Å². The monoisotopic (exact) mass is 393 g/mol. The molecule has 0 aromatic heterocycles. The van der Waals surface area contributed by atoms with Gasteiger partial charge in [0.2, 0.25) is 11.8 Å². The van der Waals surface area contributed by atoms with Gasteiger partial charge in [0.05, 0.1) is 31.7 Å². The second-order valence-electron chi connectivity index (χ2n) is 7.16. The normalized spacial score (nSPS) is 25.7. The van der Waals surface area contributed by atoms with Gasteiger partial charge in [-0.3, -0.25) is 9.59 Å². The van der Waals surface area contributed by atoms with Crippen LogP contribution in [0.25, 0.3) is 0 Å². The van der Waals surface area contributed by atoms with Crippen LogP contribution in [0.5, 0.6) is 0 Å². The topological polar surface area (TPSA) is 151 Å². The fourth-order valence-corrected chi connectivity index (χ4v) is 3.57. The number of carboxylic acids is 1. The van der Waals surface area contributed by atoms with E-state index in [0.29, 0.717) is 12.7 Å². The molecule has 0 spiro atoms. The third kappa shape index (κ3) is 4.21. The Balaban J connectivity index is 1.60. The molecule has 2 unspecified atom stereocenters. The second-order valence-corrected chi connectivity index (χ2v) is 7.16. The van der Waals surface area contributed by atoms with E-state index >= 15 is 0 Å². The predicted molar refractivity (Wildman–Crippen MR) is 97.7 cm³/mol. The summed E-state index contributed by atoms with van der Waals surface area (Å²) < 4.78 is 11.2. The van der Waals surface area contributed by atoms with Gasteiger partial charge in [-0.05, 0) is 18.8 Å². The maximum Gasteiger partial charge on any atom is 0.454 e. The molecule has 10 nitrogen and oxygen atoms in total. The SMILES string of the molecule is CNC(=O)C[C@@H](N)C(=O)N1CC(OC2=C(C(=O)O)C3OB(O)CCC3C=C2)C1. The third-order valence-corrected chi connectivity index (χ3v) is 5.17. The number of likely N-dealkylation sites (tertiary alicyclic amines) is 1. The highest BCUT2D eigenvalue weighted by Gasteiger charge is 2.42. The lowest BCUT2D eigenvalue weighted by molar-refractivity contribution is -0.145. The third-order valence-electron chi connectivity index (χ3n) is 5.17. The molecule has 11 heteroatoms. The molecule has 2 aliphatic heterocycles. The van der Waals surface area contributed by atoms with E-state index in [4.69, 9.17) is 15.1 Å². The highest BCUT2D eigenvalue weighted by molar-refractivity contribution is 6.43. The fraction of sp³-hybridized carbons (Fsp3) is 0.588. The van der Waals surface area contributed by atoms with Crippen LogP contribution in [0, 0.1) is 5.92 Å². The standard InChI is InChI=1S/C17H24BN3O7/c1-20-13(22)6-11(19)16(23)21-7-10(8-21)27-12-3-2-9-4-5-18(26)28-15(9)14(12)17(24)25/h2-3,9-11,15,26H,4-8,19H2,1H3,(H,20,22)(H,24,25)/t9?,11-,15?/m1/s1. The van der Waals surface area contributed by atoms with Gasteiger partial charge in [0, 0.05) is 13.0 Å². The highest BCUT2D eigenvalue weighted by atomic mass is 16.5. The van der Waals surface area contributed by atoms with Crippen molar-refractivity contribution in [2.75, 3.05) is 20.1 Å². The van der Waals surface area contributed by atoms with Crippen LogP contribution in [0.3, 0.4) is 0 Å². The Morgan fingerprint density at radius 1 is 1.46 bits per heavy atom. The van der Waals surface area contributed by atoms with Crippen molar-refractivity contribution in [3.05, 3.63) is 23.5 Å². The van der Waals surface area contributed by atoms with E-state index in [2.05, 4.69) is 5.32 Å². The first-order valence-corrected chi connectivity index (χ1v) is 9.21. The van der Waals surface area contributed by atoms with Gasteiger partial charge in [-0.15, -0.1) is 0 Å². The van der Waals surface area contributed by atoms with Gasteiger partial charge in [-0.2, -0.15) is 0 Å². The molecule has 0 saturated carbocycles. The molecule has 2 fully saturated rings. The van der Waals surface area contributed by atoms with E-state index in [1.165, 1.54) is 11.9 Å². The average molecular weight is 393 g/mol. The Morgan fingerprint density at radius 2 is 2.18 bits per heavy atom. The van der Waals surface area contributed by atoms with Crippen LogP contribution in [0.15, 0.2) is 23.5 Å². The quantitative estimate of drug-likeness (QED) is 0.397. The first kappa shape index (κ1) is 20.4. The Kier molecular flexibility index (Phi) is 6.06. The molecule has 2 saturated heterocycles. The number of hydrogen-bond acceptors (Lipinski definition) is 7. The van der Waals surface area contributed by atoms with E-state index in [-0.39, 0.29) is 54.7 Å². The van der Waals surface area contributed by atoms with Crippen molar-refractivity contribution >= 4 is 24.9 Å². The van der Waals surface area contributed by atoms with E-state index in [0.717, 1.165) is 0 Å². The zero-order chi connectivity index (χ0) is 20.4. The Hall–Kier alpha value is -2.37. The molecule has 0 bridgehead atoms. The summed E-state index contributed by atoms with van der Waals surface area (Å²) in [5.74, 6) is -1.78. The van der Waals surface area contributed by atoms with Crippen LogP contribution in [0.4, 0.5) is 0 Å². The van der Waals surface area contributed by atoms with E-state index in [1.807, 2.05) is 6.08 Å². The molecule has 2 amide bonds. The number of hydrogen-bond donors (Lipinski definition) is 4. The molecular formula is C17H24BN3O7. The lowest BCUT2D eigenvalue weighted by atomic mass is 9.71. The van der Waals surface area contributed by atoms with Gasteiger partial charge >= 0.3 is 13.1 Å². The van der Waals surface area contributed by atoms with E-state index in [9.17, 15) is 24.5 Å². The van der Waals surface area contributed by atoms with Crippen molar-refractivity contribution in [2.45, 2.75) is 37.4 Å². The number of carboxylic acid groups (broad SMARTS) is 1. The number of ether oxygens (including phenoxy) is 1. The Labute approximate surface area is 162 Å². The van der Waals surface area contributed by atoms with Gasteiger partial charge in [0.25, 0.3) is 0 Å². The largest absolute Gasteiger partial charge is 0.486 e. The van der Waals surface area contributed by atoms with Crippen molar-refractivity contribution < 1.29 is 33.9 Å². The molecule has 0 aromatic rings. The minimum atomic E-state index is -1.16. The maximum absolute atomic E-state index is 12.2. The molecule has 0 radical (unpaired) electrons. The number of nitrogens with one attached hydrogen (secondary N) is 1. The van der Waals surface area contributed by atoms with Gasteiger partial charge in [-0.25, -0.2) is 4.79 Å². The summed E-state index contributed by atoms with van der Waals surface area (Å²) in [7, 11) is 0.472. The number of amides is 2. The number of fused-ring (bicyclic) bond motifs is 1. The maximum atomic E-state index is 12.2. The van der Waals surface area contributed by atoms with E-state index in [1.54, 1.807) is 6.08 Å². The lowest BCUT2D eigenvalue weighted by Gasteiger charge is -2.41. The zero-order valence-electron chi connectivity index (χ0n) is 15.5. The highest BCUT2D eigenvalue weighted by Crippen LogP contribution is 2.35. The molecule has 1 aliphatic carbocycles. The number of allylic oxidation sites excluding steroid dienone is 1. The Bertz CT molecular complexity index is 720. The molecule has 2 heterocycles. The smallest absolute Gasteiger partial charge is 0.454 e. The molecule has 5 N–H and O–H groups in total. The van der Waals surface area contributed by atoms with Crippen LogP contribution in [0.2, 0.25) is 6.32 Å². The van der Waals surface area contributed by atoms with Crippen molar-refractivity contribution in [2.24, 2.45) is 11.7 Å². The van der Waals surface area contributed by atoms with Gasteiger partial charge in [0.1, 0.15) is 17.4 Å². The predicted octanol–water partition coefficient (Wildman–Crippen LogP) is -1.53. The Morgan fingerprint density at radius 3 is 2.82 bits per heavy atom. The summed E-state index contributed by atoms with van der Waals surface area (Å²) in [4.78, 5) is 36.8. The number of rotatable bonds is 6. The first-order chi connectivity index (χ1) is 13.3. The second kappa shape index (κ2) is 8.33. The molecule has 152 valence electrons. The molecule has 3 atom stereocenters. The number of aliphatic carboxylic acids is 1. The number of carbonyl (C=O) groups is 3. The molecule has 0 aromatic carbocycles. The number of nitrogens with two attached hydrogens (primary N) is 1. The van der Waals surface area contributed by atoms with Gasteiger partial charge in [-0.1, -0.05) is 6.08 Å². The average Bonchev–Trinajstić information content (AvgIpc) is 2.62. The number of carbonyl (C=O) groups excluding carboxylic acids is 2. The summed E-state index contributed by atoms with van der Waals surface area (Å²) in [6, 6.07) is -0.929. The van der Waals surface area contributed by atoms with Gasteiger partial charge < -0.3 is 35.5 Å². The number of nitrogens with zero attached hydrogens (tertiary/aromatic N) is 1.